The van der Waals surface area contributed by atoms with Crippen LogP contribution in [-0.4, -0.2) is 38.8 Å². The lowest BCUT2D eigenvalue weighted by molar-refractivity contribution is -0.123. The van der Waals surface area contributed by atoms with Crippen LogP contribution in [0, 0.1) is 6.92 Å². The molecule has 5 nitrogen and oxygen atoms in total. The van der Waals surface area contributed by atoms with Gasteiger partial charge in [0.25, 0.3) is 5.91 Å². The Morgan fingerprint density at radius 2 is 2.19 bits per heavy atom. The summed E-state index contributed by atoms with van der Waals surface area (Å²) >= 11 is 0. The zero-order chi connectivity index (χ0) is 15.7. The van der Waals surface area contributed by atoms with Crippen LogP contribution in [0.1, 0.15) is 24.5 Å². The Kier molecular flexibility index (Phi) is 7.79. The van der Waals surface area contributed by atoms with Gasteiger partial charge in [0, 0.05) is 19.7 Å². The third kappa shape index (κ3) is 6.14. The molecule has 0 aromatic heterocycles. The van der Waals surface area contributed by atoms with Crippen LogP contribution in [0.3, 0.4) is 0 Å². The zero-order valence-electron chi connectivity index (χ0n) is 13.1. The summed E-state index contributed by atoms with van der Waals surface area (Å²) < 4.78 is 10.6. The van der Waals surface area contributed by atoms with Crippen molar-refractivity contribution in [1.29, 1.82) is 0 Å². The summed E-state index contributed by atoms with van der Waals surface area (Å²) in [5.41, 5.74) is 8.08. The minimum Gasteiger partial charge on any atom is -0.483 e. The maximum Gasteiger partial charge on any atom is 0.258 e. The average Bonchev–Trinajstić information content (AvgIpc) is 2.46. The first-order valence-corrected chi connectivity index (χ1v) is 7.31. The molecule has 1 amide bonds. The number of para-hydroxylation sites is 1. The van der Waals surface area contributed by atoms with Crippen LogP contribution >= 0.6 is 0 Å². The highest BCUT2D eigenvalue weighted by atomic mass is 16.5. The minimum absolute atomic E-state index is 0.00291. The summed E-state index contributed by atoms with van der Waals surface area (Å²) in [7, 11) is 1.60. The largest absolute Gasteiger partial charge is 0.483 e. The summed E-state index contributed by atoms with van der Waals surface area (Å²) in [6.07, 6.45) is 1.66. The van der Waals surface area contributed by atoms with Gasteiger partial charge in [0.2, 0.25) is 0 Å². The van der Waals surface area contributed by atoms with E-state index in [9.17, 15) is 4.79 Å². The summed E-state index contributed by atoms with van der Waals surface area (Å²) in [5, 5.41) is 2.73. The number of methoxy groups -OCH3 is 1. The van der Waals surface area contributed by atoms with Crippen molar-refractivity contribution in [1.82, 2.24) is 5.32 Å². The maximum atomic E-state index is 11.7. The highest BCUT2D eigenvalue weighted by Gasteiger charge is 2.11. The van der Waals surface area contributed by atoms with Crippen LogP contribution in [0.2, 0.25) is 0 Å². The number of nitrogens with two attached hydrogens (primary N) is 1. The van der Waals surface area contributed by atoms with Gasteiger partial charge in [0.15, 0.2) is 6.61 Å². The normalized spacial score (nSPS) is 12.0. The van der Waals surface area contributed by atoms with Crippen molar-refractivity contribution < 1.29 is 14.3 Å². The Labute approximate surface area is 126 Å². The summed E-state index contributed by atoms with van der Waals surface area (Å²) in [5.74, 6) is 0.615. The van der Waals surface area contributed by atoms with Crippen LogP contribution < -0.4 is 15.8 Å². The van der Waals surface area contributed by atoms with Crippen molar-refractivity contribution in [3.63, 3.8) is 0 Å². The molecule has 1 unspecified atom stereocenters. The van der Waals surface area contributed by atoms with E-state index in [0.29, 0.717) is 13.2 Å². The van der Waals surface area contributed by atoms with Gasteiger partial charge in [0.05, 0.1) is 6.61 Å². The molecule has 1 atom stereocenters. The molecular weight excluding hydrogens is 268 g/mol. The van der Waals surface area contributed by atoms with Crippen LogP contribution in [0.25, 0.3) is 0 Å². The van der Waals surface area contributed by atoms with Gasteiger partial charge in [0.1, 0.15) is 5.75 Å². The minimum atomic E-state index is -0.152. The smallest absolute Gasteiger partial charge is 0.258 e. The highest BCUT2D eigenvalue weighted by Crippen LogP contribution is 2.24. The van der Waals surface area contributed by atoms with Crippen LogP contribution in [0.5, 0.6) is 5.75 Å². The first-order chi connectivity index (χ1) is 10.1. The second kappa shape index (κ2) is 9.37. The van der Waals surface area contributed by atoms with Gasteiger partial charge in [-0.25, -0.2) is 0 Å². The fourth-order valence-corrected chi connectivity index (χ4v) is 1.99. The average molecular weight is 294 g/mol. The second-order valence-corrected chi connectivity index (χ2v) is 5.07. The number of hydrogen-bond donors (Lipinski definition) is 2. The van der Waals surface area contributed by atoms with E-state index in [1.165, 1.54) is 0 Å². The molecule has 3 N–H and O–H groups in total. The number of carbonyl (C=O) groups is 1. The standard InChI is InChI=1S/C16H26N2O3/c1-4-14(17)10-13-7-5-6-12(2)16(13)21-11-15(19)18-8-9-20-3/h5-7,14H,4,8-11,17H2,1-3H3,(H,18,19). The fraction of sp³-hybridized carbons (Fsp3) is 0.562. The number of carbonyl (C=O) groups excluding carboxylic acids is 1. The molecule has 0 radical (unpaired) electrons. The molecule has 1 aromatic carbocycles. The van der Waals surface area contributed by atoms with E-state index in [1.807, 2.05) is 25.1 Å². The summed E-state index contributed by atoms with van der Waals surface area (Å²) in [6.45, 7) is 5.01. The van der Waals surface area contributed by atoms with E-state index in [-0.39, 0.29) is 18.6 Å². The van der Waals surface area contributed by atoms with Gasteiger partial charge >= 0.3 is 0 Å². The molecule has 0 bridgehead atoms. The Morgan fingerprint density at radius 1 is 1.43 bits per heavy atom. The lowest BCUT2D eigenvalue weighted by Crippen LogP contribution is -2.31. The van der Waals surface area contributed by atoms with Crippen LogP contribution in [0.15, 0.2) is 18.2 Å². The number of ether oxygens (including phenoxy) is 2. The van der Waals surface area contributed by atoms with E-state index in [2.05, 4.69) is 12.2 Å². The van der Waals surface area contributed by atoms with Crippen molar-refractivity contribution in [2.24, 2.45) is 5.73 Å². The van der Waals surface area contributed by atoms with Crippen molar-refractivity contribution >= 4 is 5.91 Å². The van der Waals surface area contributed by atoms with Gasteiger partial charge in [-0.2, -0.15) is 0 Å². The van der Waals surface area contributed by atoms with Gasteiger partial charge in [-0.15, -0.1) is 0 Å². The van der Waals surface area contributed by atoms with E-state index < -0.39 is 0 Å². The third-order valence-electron chi connectivity index (χ3n) is 3.28. The van der Waals surface area contributed by atoms with Crippen LogP contribution in [-0.2, 0) is 16.0 Å². The molecule has 5 heteroatoms. The third-order valence-corrected chi connectivity index (χ3v) is 3.28. The number of rotatable bonds is 9. The molecule has 0 heterocycles. The van der Waals surface area contributed by atoms with E-state index in [4.69, 9.17) is 15.2 Å². The van der Waals surface area contributed by atoms with Gasteiger partial charge in [-0.3, -0.25) is 4.79 Å². The second-order valence-electron chi connectivity index (χ2n) is 5.07. The maximum absolute atomic E-state index is 11.7. The molecule has 21 heavy (non-hydrogen) atoms. The zero-order valence-corrected chi connectivity index (χ0v) is 13.1. The van der Waals surface area contributed by atoms with E-state index >= 15 is 0 Å². The number of aryl methyl sites for hydroxylation is 1. The van der Waals surface area contributed by atoms with Gasteiger partial charge in [-0.1, -0.05) is 25.1 Å². The first-order valence-electron chi connectivity index (χ1n) is 7.31. The molecular formula is C16H26N2O3. The van der Waals surface area contributed by atoms with E-state index in [1.54, 1.807) is 7.11 Å². The monoisotopic (exact) mass is 294 g/mol. The predicted molar refractivity (Wildman–Crippen MR) is 83.5 cm³/mol. The van der Waals surface area contributed by atoms with Crippen molar-refractivity contribution in [2.45, 2.75) is 32.7 Å². The molecule has 0 saturated heterocycles. The Bertz CT molecular complexity index is 449. The lowest BCUT2D eigenvalue weighted by Gasteiger charge is -2.16. The quantitative estimate of drug-likeness (QED) is 0.676. The number of hydrogen-bond acceptors (Lipinski definition) is 4. The molecule has 0 aliphatic heterocycles. The number of nitrogens with one attached hydrogen (secondary N) is 1. The van der Waals surface area contributed by atoms with Crippen molar-refractivity contribution in [2.75, 3.05) is 26.9 Å². The highest BCUT2D eigenvalue weighted by molar-refractivity contribution is 5.77. The Hall–Kier alpha value is -1.59. The van der Waals surface area contributed by atoms with Gasteiger partial charge < -0.3 is 20.5 Å². The topological polar surface area (TPSA) is 73.6 Å². The first kappa shape index (κ1) is 17.5. The molecule has 1 rings (SSSR count). The fourth-order valence-electron chi connectivity index (χ4n) is 1.99. The van der Waals surface area contributed by atoms with Crippen LogP contribution in [0.4, 0.5) is 0 Å². The van der Waals surface area contributed by atoms with Gasteiger partial charge in [-0.05, 0) is 30.9 Å². The lowest BCUT2D eigenvalue weighted by atomic mass is 10.0. The number of benzene rings is 1. The Morgan fingerprint density at radius 3 is 2.86 bits per heavy atom. The Balaban J connectivity index is 2.62. The van der Waals surface area contributed by atoms with Crippen molar-refractivity contribution in [3.05, 3.63) is 29.3 Å². The molecule has 0 spiro atoms. The SMILES string of the molecule is CCC(N)Cc1cccc(C)c1OCC(=O)NCCOC. The van der Waals surface area contributed by atoms with E-state index in [0.717, 1.165) is 29.7 Å². The summed E-state index contributed by atoms with van der Waals surface area (Å²) in [4.78, 5) is 11.7. The van der Waals surface area contributed by atoms with Crippen molar-refractivity contribution in [3.8, 4) is 5.75 Å². The molecule has 1 aromatic rings. The predicted octanol–water partition coefficient (Wildman–Crippen LogP) is 1.42. The number of amides is 1. The molecule has 0 fully saturated rings. The summed E-state index contributed by atoms with van der Waals surface area (Å²) in [6, 6.07) is 6.06. The molecule has 118 valence electrons. The molecule has 0 saturated carbocycles. The molecule has 0 aliphatic rings. The molecule has 0 aliphatic carbocycles.